The molecule has 0 saturated carbocycles. The van der Waals surface area contributed by atoms with Gasteiger partial charge in [0.15, 0.2) is 17.0 Å². The van der Waals surface area contributed by atoms with Crippen LogP contribution in [0.15, 0.2) is 218 Å². The van der Waals surface area contributed by atoms with Crippen LogP contribution in [0.2, 0.25) is 10.0 Å². The van der Waals surface area contributed by atoms with Crippen LogP contribution in [0.5, 0.6) is 23.0 Å². The van der Waals surface area contributed by atoms with Crippen molar-refractivity contribution in [1.82, 2.24) is 29.1 Å². The first kappa shape index (κ1) is 68.3. The molecule has 98 heavy (non-hydrogen) atoms. The second-order valence-electron chi connectivity index (χ2n) is 22.0. The number of hydrogen-bond donors (Lipinski definition) is 2. The number of ether oxygens (including phenoxy) is 5. The lowest BCUT2D eigenvalue weighted by Gasteiger charge is -2.37. The second-order valence-corrected chi connectivity index (χ2v) is 26.0. The van der Waals surface area contributed by atoms with Gasteiger partial charge in [-0.1, -0.05) is 114 Å². The summed E-state index contributed by atoms with van der Waals surface area (Å²) in [6.45, 7) is -1.45. The van der Waals surface area contributed by atoms with Crippen molar-refractivity contribution in [2.45, 2.75) is 61.7 Å². The number of methoxy groups -OCH3 is 2. The van der Waals surface area contributed by atoms with Gasteiger partial charge < -0.3 is 43.4 Å². The molecule has 12 rings (SSSR count). The van der Waals surface area contributed by atoms with E-state index in [9.17, 15) is 19.6 Å². The fraction of sp³-hybridized carbons (Fsp3) is 0.217. The highest BCUT2D eigenvalue weighted by atomic mass is 35.5. The molecule has 3 aromatic heterocycles. The molecule has 5 heterocycles. The summed E-state index contributed by atoms with van der Waals surface area (Å²) in [5.41, 5.74) is 0.805. The Hall–Kier alpha value is -9.64. The van der Waals surface area contributed by atoms with Gasteiger partial charge in [-0.2, -0.15) is 10.2 Å². The summed E-state index contributed by atoms with van der Waals surface area (Å²) in [5.74, 6) is 0.227. The van der Waals surface area contributed by atoms with Crippen molar-refractivity contribution < 1.29 is 69.5 Å². The maximum absolute atomic E-state index is 16.2. The fourth-order valence-electron chi connectivity index (χ4n) is 11.1. The Labute approximate surface area is 571 Å². The molecule has 0 aliphatic carbocycles. The van der Waals surface area contributed by atoms with Crippen LogP contribution in [0, 0.1) is 11.3 Å². The van der Waals surface area contributed by atoms with Crippen molar-refractivity contribution >= 4 is 73.5 Å². The molecule has 2 amide bonds. The fourth-order valence-corrected chi connectivity index (χ4v) is 14.1. The number of hydrogen-bond acceptors (Lipinski definition) is 21. The van der Waals surface area contributed by atoms with Crippen molar-refractivity contribution in [3.05, 3.63) is 261 Å². The highest BCUT2D eigenvalue weighted by molar-refractivity contribution is 7.49. The Morgan fingerprint density at radius 2 is 1.09 bits per heavy atom. The van der Waals surface area contributed by atoms with Gasteiger partial charge in [-0.15, -0.1) is 0 Å². The van der Waals surface area contributed by atoms with E-state index in [1.807, 2.05) is 60.7 Å². The Morgan fingerprint density at radius 3 is 1.62 bits per heavy atom. The molecule has 502 valence electrons. The Bertz CT molecular complexity index is 4560. The molecular formula is C69H61Cl2N9O16P2. The van der Waals surface area contributed by atoms with E-state index in [-0.39, 0.29) is 60.2 Å². The third-order valence-corrected chi connectivity index (χ3v) is 19.2. The predicted octanol–water partition coefficient (Wildman–Crippen LogP) is 13.6. The number of halogens is 2. The van der Waals surface area contributed by atoms with Crippen molar-refractivity contribution in [2.24, 2.45) is 0 Å². The zero-order valence-corrected chi connectivity index (χ0v) is 55.5. The average molecular weight is 1410 g/mol. The van der Waals surface area contributed by atoms with E-state index < -0.39 is 88.8 Å². The molecule has 2 aliphatic rings. The smallest absolute Gasteiger partial charge is 0.497 e. The molecule has 7 aromatic carbocycles. The lowest BCUT2D eigenvalue weighted by Crippen LogP contribution is -2.38. The third-order valence-electron chi connectivity index (χ3n) is 15.8. The van der Waals surface area contributed by atoms with Crippen molar-refractivity contribution in [3.63, 3.8) is 0 Å². The standard InChI is InChI=1S/C69H61Cl2N9O16P2/c1-86-52-27-19-48(20-28-52)69(47-17-10-5-11-18-47,49-21-29-53(87-2)30-22-49)88-41-58-56(39-61(91-58)79-37-35-60(77-68(79)83)76-66(81)45-13-6-3-7-14-45)96-98(85,94-55-33-25-51(71)26-34-55)90-42-59-57(95-97(84,89-38-12-36-72)93-54-31-23-50(70)24-32-54)40-62(92-59)80-44-75-63-64(73-43-74-65(63)80)78-67(82)46-15-8-4-9-16-46/h3-11,13-35,37,43-44,56-59,61-62H,12,38-42H2,1-2H3,(H,73,74,78,82)(H,76,77,81,83)/t56-,57-,58+,59+,61+,62+,97?,98?/m0/s1. The summed E-state index contributed by atoms with van der Waals surface area (Å²) in [6.07, 6.45) is -4.19. The number of nitriles is 1. The van der Waals surface area contributed by atoms with Crippen LogP contribution < -0.4 is 34.8 Å². The zero-order valence-electron chi connectivity index (χ0n) is 52.2. The van der Waals surface area contributed by atoms with Crippen molar-refractivity contribution in [3.8, 4) is 29.1 Å². The molecule has 0 spiro atoms. The number of rotatable bonds is 28. The van der Waals surface area contributed by atoms with Crippen molar-refractivity contribution in [2.75, 3.05) is 44.7 Å². The SMILES string of the molecule is COc1ccc(C(OC[C@H]2O[C@@H](n3ccc(NC(=O)c4ccccc4)nc3=O)C[C@@H]2OP(=O)(OC[C@H]2O[C@@H](n3cnc4c(NC(=O)c5ccccc5)ncnc43)C[C@@H]2OP(=O)(OCCC#N)Oc2ccc(Cl)cc2)Oc2ccc(Cl)cc2)(c2ccccc2)c2ccc(OC)cc2)cc1. The molecule has 2 aliphatic heterocycles. The number of nitrogens with zero attached hydrogens (tertiary/aromatic N) is 7. The van der Waals surface area contributed by atoms with Crippen LogP contribution in [0.3, 0.4) is 0 Å². The number of benzene rings is 7. The molecule has 2 fully saturated rings. The molecule has 29 heteroatoms. The van der Waals surface area contributed by atoms with Crippen LogP contribution in [0.1, 0.15) is 69.1 Å². The largest absolute Gasteiger partial charge is 0.530 e. The van der Waals surface area contributed by atoms with E-state index in [1.54, 1.807) is 99.1 Å². The van der Waals surface area contributed by atoms with Gasteiger partial charge in [-0.05, 0) is 120 Å². The minimum Gasteiger partial charge on any atom is -0.497 e. The molecule has 10 aromatic rings. The van der Waals surface area contributed by atoms with Crippen LogP contribution in [0.4, 0.5) is 11.6 Å². The number of imidazole rings is 1. The van der Waals surface area contributed by atoms with Gasteiger partial charge in [-0.25, -0.2) is 28.9 Å². The maximum Gasteiger partial charge on any atom is 0.530 e. The Morgan fingerprint density at radius 1 is 0.602 bits per heavy atom. The average Bonchev–Trinajstić information content (AvgIpc) is 1.00. The van der Waals surface area contributed by atoms with E-state index >= 15 is 9.13 Å². The molecule has 0 radical (unpaired) electrons. The number of nitrogens with one attached hydrogen (secondary N) is 2. The zero-order chi connectivity index (χ0) is 68.2. The van der Waals surface area contributed by atoms with E-state index in [0.29, 0.717) is 49.4 Å². The first-order valence-electron chi connectivity index (χ1n) is 30.5. The first-order chi connectivity index (χ1) is 47.6. The number of phosphoric ester groups is 2. The predicted molar refractivity (Wildman–Crippen MR) is 359 cm³/mol. The van der Waals surface area contributed by atoms with E-state index in [4.69, 9.17) is 74.0 Å². The number of carbonyl (C=O) groups is 2. The van der Waals surface area contributed by atoms with Crippen LogP contribution in [-0.2, 0) is 47.0 Å². The van der Waals surface area contributed by atoms with Gasteiger partial charge in [0.2, 0.25) is 0 Å². The summed E-state index contributed by atoms with van der Waals surface area (Å²) in [6, 6.07) is 56.1. The molecular weight excluding hydrogens is 1340 g/mol. The lowest BCUT2D eigenvalue weighted by molar-refractivity contribution is -0.0948. The van der Waals surface area contributed by atoms with Crippen LogP contribution in [-0.4, -0.2) is 99.3 Å². The molecule has 2 N–H and O–H groups in total. The highest BCUT2D eigenvalue weighted by Gasteiger charge is 2.50. The summed E-state index contributed by atoms with van der Waals surface area (Å²) >= 11 is 12.6. The van der Waals surface area contributed by atoms with Gasteiger partial charge in [0.1, 0.15) is 77.6 Å². The molecule has 2 unspecified atom stereocenters. The van der Waals surface area contributed by atoms with Gasteiger partial charge in [0.05, 0.1) is 52.9 Å². The van der Waals surface area contributed by atoms with E-state index in [2.05, 4.69) is 30.6 Å². The Kier molecular flexibility index (Phi) is 21.5. The van der Waals surface area contributed by atoms with Crippen LogP contribution >= 0.6 is 38.8 Å². The number of carbonyl (C=O) groups excluding carboxylic acids is 2. The normalized spacial score (nSPS) is 18.8. The highest BCUT2D eigenvalue weighted by Crippen LogP contribution is 2.57. The van der Waals surface area contributed by atoms with E-state index in [0.717, 1.165) is 0 Å². The number of aromatic nitrogens is 6. The van der Waals surface area contributed by atoms with Crippen LogP contribution in [0.25, 0.3) is 11.2 Å². The molecule has 25 nitrogen and oxygen atoms in total. The second kappa shape index (κ2) is 30.8. The topological polar surface area (TPSA) is 296 Å². The van der Waals surface area contributed by atoms with Gasteiger partial charge in [0.25, 0.3) is 11.8 Å². The summed E-state index contributed by atoms with van der Waals surface area (Å²) < 4.78 is 104. The number of fused-ring (bicyclic) bond motifs is 1. The number of phosphoric acid groups is 2. The van der Waals surface area contributed by atoms with Gasteiger partial charge in [0, 0.05) is 40.2 Å². The minimum absolute atomic E-state index is 0.0267. The summed E-state index contributed by atoms with van der Waals surface area (Å²) in [4.78, 5) is 58.5. The number of amides is 2. The minimum atomic E-state index is -5.11. The Balaban J connectivity index is 0.910. The molecule has 8 atom stereocenters. The first-order valence-corrected chi connectivity index (χ1v) is 34.2. The van der Waals surface area contributed by atoms with E-state index in [1.165, 1.54) is 82.6 Å². The quantitative estimate of drug-likeness (QED) is 0.0261. The van der Waals surface area contributed by atoms with Gasteiger partial charge >= 0.3 is 21.3 Å². The monoisotopic (exact) mass is 1400 g/mol. The number of anilines is 2. The summed E-state index contributed by atoms with van der Waals surface area (Å²) in [5, 5.41) is 15.7. The maximum atomic E-state index is 16.2. The lowest BCUT2D eigenvalue weighted by atomic mass is 9.80. The van der Waals surface area contributed by atoms with Gasteiger partial charge in [-0.3, -0.25) is 36.8 Å². The third kappa shape index (κ3) is 16.0. The van der Waals surface area contributed by atoms with Crippen molar-refractivity contribution in [1.29, 1.82) is 5.26 Å². The molecule has 2 saturated heterocycles. The molecule has 0 bridgehead atoms. The summed E-state index contributed by atoms with van der Waals surface area (Å²) in [7, 11) is -6.76.